The van der Waals surface area contributed by atoms with Crippen molar-refractivity contribution in [3.05, 3.63) is 56.0 Å². The molecule has 0 amide bonds. The fourth-order valence-corrected chi connectivity index (χ4v) is 2.84. The van der Waals surface area contributed by atoms with E-state index in [2.05, 4.69) is 5.32 Å². The van der Waals surface area contributed by atoms with E-state index in [0.29, 0.717) is 5.69 Å². The summed E-state index contributed by atoms with van der Waals surface area (Å²) in [5, 5.41) is 15.9. The molecule has 19 heavy (non-hydrogen) atoms. The fraction of sp³-hybridized carbons (Fsp3) is 0.231. The first-order valence-electron chi connectivity index (χ1n) is 5.73. The molecule has 0 spiro atoms. The minimum Gasteiger partial charge on any atom is -0.372 e. The Kier molecular flexibility index (Phi) is 3.80. The van der Waals surface area contributed by atoms with Crippen LogP contribution in [0.1, 0.15) is 23.4 Å². The highest BCUT2D eigenvalue weighted by Gasteiger charge is 2.18. The van der Waals surface area contributed by atoms with Gasteiger partial charge in [0.1, 0.15) is 11.5 Å². The highest BCUT2D eigenvalue weighted by atomic mass is 32.1. The van der Waals surface area contributed by atoms with Crippen LogP contribution in [0, 0.1) is 22.9 Å². The summed E-state index contributed by atoms with van der Waals surface area (Å²) in [7, 11) is 0. The molecule has 0 saturated carbocycles. The van der Waals surface area contributed by atoms with Crippen LogP contribution in [0.15, 0.2) is 29.6 Å². The van der Waals surface area contributed by atoms with Gasteiger partial charge in [0.2, 0.25) is 0 Å². The molecule has 1 aromatic heterocycles. The standard InChI is InChI=1S/C13H13FN2O2S/c1-8-5-6-19-13(8)9(2)15-11-4-3-10(14)7-12(11)16(17)18/h3-7,9,15H,1-2H3. The Hall–Kier alpha value is -1.95. The zero-order valence-corrected chi connectivity index (χ0v) is 11.3. The first-order chi connectivity index (χ1) is 8.99. The van der Waals surface area contributed by atoms with Crippen molar-refractivity contribution in [2.24, 2.45) is 0 Å². The van der Waals surface area contributed by atoms with Gasteiger partial charge < -0.3 is 5.32 Å². The summed E-state index contributed by atoms with van der Waals surface area (Å²) >= 11 is 1.59. The average Bonchev–Trinajstić information content (AvgIpc) is 2.77. The Bertz CT molecular complexity index is 612. The fourth-order valence-electron chi connectivity index (χ4n) is 1.90. The molecule has 0 radical (unpaired) electrons. The first-order valence-corrected chi connectivity index (χ1v) is 6.61. The Morgan fingerprint density at radius 3 is 2.74 bits per heavy atom. The average molecular weight is 280 g/mol. The molecule has 6 heteroatoms. The molecule has 100 valence electrons. The molecule has 2 aromatic rings. The van der Waals surface area contributed by atoms with Crippen molar-refractivity contribution in [2.75, 3.05) is 5.32 Å². The number of benzene rings is 1. The van der Waals surface area contributed by atoms with Crippen LogP contribution in [-0.4, -0.2) is 4.92 Å². The van der Waals surface area contributed by atoms with E-state index in [1.165, 1.54) is 12.1 Å². The summed E-state index contributed by atoms with van der Waals surface area (Å²) in [6, 6.07) is 5.47. The van der Waals surface area contributed by atoms with E-state index >= 15 is 0 Å². The van der Waals surface area contributed by atoms with Crippen molar-refractivity contribution in [1.82, 2.24) is 0 Å². The minimum atomic E-state index is -0.614. The van der Waals surface area contributed by atoms with Gasteiger partial charge >= 0.3 is 0 Å². The highest BCUT2D eigenvalue weighted by Crippen LogP contribution is 2.31. The summed E-state index contributed by atoms with van der Waals surface area (Å²) < 4.78 is 13.1. The zero-order chi connectivity index (χ0) is 14.0. The molecule has 0 aliphatic rings. The Morgan fingerprint density at radius 1 is 1.42 bits per heavy atom. The van der Waals surface area contributed by atoms with Crippen LogP contribution in [0.2, 0.25) is 0 Å². The number of anilines is 1. The number of halogens is 1. The molecule has 0 bridgehead atoms. The van der Waals surface area contributed by atoms with Gasteiger partial charge in [-0.25, -0.2) is 4.39 Å². The number of rotatable bonds is 4. The molecule has 1 unspecified atom stereocenters. The van der Waals surface area contributed by atoms with Crippen LogP contribution < -0.4 is 5.32 Å². The van der Waals surface area contributed by atoms with E-state index in [0.717, 1.165) is 16.5 Å². The van der Waals surface area contributed by atoms with Gasteiger partial charge in [-0.1, -0.05) is 0 Å². The molecule has 0 aliphatic carbocycles. The van der Waals surface area contributed by atoms with Crippen molar-refractivity contribution in [3.63, 3.8) is 0 Å². The van der Waals surface area contributed by atoms with Gasteiger partial charge in [0.15, 0.2) is 0 Å². The van der Waals surface area contributed by atoms with Gasteiger partial charge in [-0.2, -0.15) is 0 Å². The third kappa shape index (κ3) is 2.90. The Morgan fingerprint density at radius 2 is 2.16 bits per heavy atom. The number of nitro groups is 1. The molecular formula is C13H13FN2O2S. The quantitative estimate of drug-likeness (QED) is 0.672. The van der Waals surface area contributed by atoms with Crippen molar-refractivity contribution < 1.29 is 9.31 Å². The molecule has 1 heterocycles. The second-order valence-corrected chi connectivity index (χ2v) is 5.20. The maximum absolute atomic E-state index is 13.1. The number of hydrogen-bond donors (Lipinski definition) is 1. The highest BCUT2D eigenvalue weighted by molar-refractivity contribution is 7.10. The van der Waals surface area contributed by atoms with E-state index in [-0.39, 0.29) is 11.7 Å². The van der Waals surface area contributed by atoms with Gasteiger partial charge in [-0.3, -0.25) is 10.1 Å². The summed E-state index contributed by atoms with van der Waals surface area (Å²) in [5.41, 5.74) is 1.21. The van der Waals surface area contributed by atoms with E-state index in [1.807, 2.05) is 25.3 Å². The van der Waals surface area contributed by atoms with Crippen molar-refractivity contribution in [3.8, 4) is 0 Å². The maximum Gasteiger partial charge on any atom is 0.295 e. The molecule has 0 aliphatic heterocycles. The lowest BCUT2D eigenvalue weighted by molar-refractivity contribution is -0.384. The van der Waals surface area contributed by atoms with Gasteiger partial charge in [0.05, 0.1) is 17.0 Å². The topological polar surface area (TPSA) is 55.2 Å². The second kappa shape index (κ2) is 5.36. The summed E-state index contributed by atoms with van der Waals surface area (Å²) in [6.07, 6.45) is 0. The lowest BCUT2D eigenvalue weighted by Crippen LogP contribution is -2.08. The largest absolute Gasteiger partial charge is 0.372 e. The minimum absolute atomic E-state index is 0.0656. The van der Waals surface area contributed by atoms with Crippen molar-refractivity contribution in [2.45, 2.75) is 19.9 Å². The summed E-state index contributed by atoms with van der Waals surface area (Å²) in [4.78, 5) is 11.4. The predicted octanol–water partition coefficient (Wildman–Crippen LogP) is 4.28. The molecule has 0 fully saturated rings. The predicted molar refractivity (Wildman–Crippen MR) is 74.1 cm³/mol. The monoisotopic (exact) mass is 280 g/mol. The summed E-state index contributed by atoms with van der Waals surface area (Å²) in [5.74, 6) is -0.614. The zero-order valence-electron chi connectivity index (χ0n) is 10.5. The van der Waals surface area contributed by atoms with E-state index in [1.54, 1.807) is 11.3 Å². The smallest absolute Gasteiger partial charge is 0.295 e. The van der Waals surface area contributed by atoms with E-state index in [4.69, 9.17) is 0 Å². The molecule has 2 rings (SSSR count). The van der Waals surface area contributed by atoms with Crippen LogP contribution in [-0.2, 0) is 0 Å². The van der Waals surface area contributed by atoms with Crippen LogP contribution in [0.3, 0.4) is 0 Å². The van der Waals surface area contributed by atoms with Gasteiger partial charge in [0.25, 0.3) is 5.69 Å². The molecule has 1 aromatic carbocycles. The summed E-state index contributed by atoms with van der Waals surface area (Å²) in [6.45, 7) is 3.91. The first kappa shape index (κ1) is 13.5. The number of nitro benzene ring substituents is 1. The van der Waals surface area contributed by atoms with Crippen molar-refractivity contribution >= 4 is 22.7 Å². The van der Waals surface area contributed by atoms with Crippen LogP contribution in [0.5, 0.6) is 0 Å². The van der Waals surface area contributed by atoms with Crippen LogP contribution in [0.25, 0.3) is 0 Å². The number of nitrogens with zero attached hydrogens (tertiary/aromatic N) is 1. The van der Waals surface area contributed by atoms with Crippen LogP contribution in [0.4, 0.5) is 15.8 Å². The second-order valence-electron chi connectivity index (χ2n) is 4.25. The van der Waals surface area contributed by atoms with Crippen molar-refractivity contribution in [1.29, 1.82) is 0 Å². The Balaban J connectivity index is 2.29. The third-order valence-electron chi connectivity index (χ3n) is 2.82. The third-order valence-corrected chi connectivity index (χ3v) is 4.03. The number of nitrogens with one attached hydrogen (secondary N) is 1. The van der Waals surface area contributed by atoms with Gasteiger partial charge in [-0.15, -0.1) is 11.3 Å². The van der Waals surface area contributed by atoms with Crippen LogP contribution >= 0.6 is 11.3 Å². The van der Waals surface area contributed by atoms with E-state index in [9.17, 15) is 14.5 Å². The lowest BCUT2D eigenvalue weighted by Gasteiger charge is -2.15. The SMILES string of the molecule is Cc1ccsc1C(C)Nc1ccc(F)cc1[N+](=O)[O-]. The number of hydrogen-bond acceptors (Lipinski definition) is 4. The molecular weight excluding hydrogens is 267 g/mol. The maximum atomic E-state index is 13.1. The molecule has 1 N–H and O–H groups in total. The van der Waals surface area contributed by atoms with Gasteiger partial charge in [0, 0.05) is 4.88 Å². The normalized spacial score (nSPS) is 12.2. The molecule has 0 saturated heterocycles. The van der Waals surface area contributed by atoms with E-state index < -0.39 is 10.7 Å². The number of aryl methyl sites for hydroxylation is 1. The molecule has 4 nitrogen and oxygen atoms in total. The lowest BCUT2D eigenvalue weighted by atomic mass is 10.1. The van der Waals surface area contributed by atoms with Gasteiger partial charge in [-0.05, 0) is 43.0 Å². The Labute approximate surface area is 114 Å². The number of thiophene rings is 1. The molecule has 1 atom stereocenters.